The van der Waals surface area contributed by atoms with Crippen molar-refractivity contribution in [2.45, 2.75) is 26.4 Å². The number of pyridine rings is 1. The number of carbonyl (C=O) groups excluding carboxylic acids is 1. The van der Waals surface area contributed by atoms with Crippen LogP contribution in [0.3, 0.4) is 0 Å². The number of anilines is 1. The van der Waals surface area contributed by atoms with Crippen molar-refractivity contribution in [3.8, 4) is 11.3 Å². The molecule has 0 saturated carbocycles. The molecular weight excluding hydrogens is 471 g/mol. The van der Waals surface area contributed by atoms with Gasteiger partial charge in [0.25, 0.3) is 6.43 Å². The molecule has 36 heavy (non-hydrogen) atoms. The van der Waals surface area contributed by atoms with Crippen LogP contribution >= 0.6 is 0 Å². The minimum atomic E-state index is -2.74. The van der Waals surface area contributed by atoms with Gasteiger partial charge in [-0.1, -0.05) is 42.5 Å². The maximum Gasteiger partial charge on any atom is 0.264 e. The molecule has 2 aromatic carbocycles. The Morgan fingerprint density at radius 2 is 1.81 bits per heavy atom. The second-order valence-corrected chi connectivity index (χ2v) is 8.15. The molecule has 0 fully saturated rings. The molecule has 1 N–H and O–H groups in total. The van der Waals surface area contributed by atoms with Crippen molar-refractivity contribution in [3.63, 3.8) is 0 Å². The lowest BCUT2D eigenvalue weighted by Gasteiger charge is -2.08. The molecule has 1 amide bonds. The summed E-state index contributed by atoms with van der Waals surface area (Å²) in [4.78, 5) is 21.4. The van der Waals surface area contributed by atoms with Crippen molar-refractivity contribution < 1.29 is 18.0 Å². The van der Waals surface area contributed by atoms with Crippen molar-refractivity contribution in [3.05, 3.63) is 89.6 Å². The fourth-order valence-electron chi connectivity index (χ4n) is 3.93. The normalized spacial score (nSPS) is 11.4. The highest BCUT2D eigenvalue weighted by atomic mass is 19.3. The Morgan fingerprint density at radius 3 is 2.53 bits per heavy atom. The number of amides is 1. The molecule has 5 aromatic rings. The maximum atomic E-state index is 13.9. The van der Waals surface area contributed by atoms with Gasteiger partial charge in [-0.2, -0.15) is 5.10 Å². The Labute approximate surface area is 203 Å². The molecule has 0 aliphatic carbocycles. The monoisotopic (exact) mass is 491 g/mol. The van der Waals surface area contributed by atoms with Crippen LogP contribution in [0.1, 0.15) is 23.2 Å². The number of hydrogen-bond donors (Lipinski definition) is 1. The number of fused-ring (bicyclic) bond motifs is 1. The van der Waals surface area contributed by atoms with E-state index < -0.39 is 12.3 Å². The quantitative estimate of drug-likeness (QED) is 0.355. The molecule has 3 heterocycles. The number of rotatable bonds is 7. The first-order valence-electron chi connectivity index (χ1n) is 11.0. The molecule has 0 aliphatic heterocycles. The van der Waals surface area contributed by atoms with Gasteiger partial charge < -0.3 is 0 Å². The summed E-state index contributed by atoms with van der Waals surface area (Å²) in [6.45, 7) is 1.67. The van der Waals surface area contributed by atoms with Crippen LogP contribution in [-0.4, -0.2) is 35.4 Å². The number of halogens is 3. The third-order valence-electron chi connectivity index (χ3n) is 5.55. The third-order valence-corrected chi connectivity index (χ3v) is 5.55. The second-order valence-electron chi connectivity index (χ2n) is 8.15. The van der Waals surface area contributed by atoms with E-state index in [1.807, 2.05) is 6.07 Å². The lowest BCUT2D eigenvalue weighted by Crippen LogP contribution is -2.20. The highest BCUT2D eigenvalue weighted by Gasteiger charge is 2.22. The zero-order valence-electron chi connectivity index (χ0n) is 19.1. The predicted octanol–water partition coefficient (Wildman–Crippen LogP) is 4.76. The molecule has 5 rings (SSSR count). The molecule has 0 bridgehead atoms. The van der Waals surface area contributed by atoms with Gasteiger partial charge in [-0.15, -0.1) is 5.10 Å². The number of aromatic nitrogens is 6. The van der Waals surface area contributed by atoms with Crippen LogP contribution in [0, 0.1) is 12.7 Å². The lowest BCUT2D eigenvalue weighted by molar-refractivity contribution is -0.116. The number of alkyl halides is 2. The van der Waals surface area contributed by atoms with Crippen molar-refractivity contribution in [2.24, 2.45) is 0 Å². The van der Waals surface area contributed by atoms with Crippen LogP contribution in [-0.2, 0) is 17.9 Å². The van der Waals surface area contributed by atoms with Gasteiger partial charge in [-0.3, -0.25) is 10.1 Å². The van der Waals surface area contributed by atoms with E-state index in [-0.39, 0.29) is 34.9 Å². The standard InChI is InChI=1S/C25H20F3N7O/c1-15-22-19(23(27)28)11-20(17-5-3-2-4-6-17)30-24(22)35(32-15)13-21(36)31-25-29-14-34(33-25)12-16-7-9-18(26)10-8-16/h2-11,14,23H,12-13H2,1H3,(H,31,33,36). The number of nitrogens with one attached hydrogen (secondary N) is 1. The Hall–Kier alpha value is -4.54. The first kappa shape index (κ1) is 23.2. The van der Waals surface area contributed by atoms with Gasteiger partial charge in [-0.25, -0.2) is 32.5 Å². The van der Waals surface area contributed by atoms with E-state index in [1.54, 1.807) is 43.3 Å². The Kier molecular flexibility index (Phi) is 6.19. The van der Waals surface area contributed by atoms with E-state index >= 15 is 0 Å². The van der Waals surface area contributed by atoms with Crippen LogP contribution in [0.25, 0.3) is 22.3 Å². The largest absolute Gasteiger partial charge is 0.292 e. The van der Waals surface area contributed by atoms with Gasteiger partial charge in [0.2, 0.25) is 11.9 Å². The number of benzene rings is 2. The Bertz CT molecular complexity index is 1530. The summed E-state index contributed by atoms with van der Waals surface area (Å²) in [7, 11) is 0. The molecular formula is C25H20F3N7O. The van der Waals surface area contributed by atoms with Crippen molar-refractivity contribution in [1.82, 2.24) is 29.5 Å². The minimum Gasteiger partial charge on any atom is -0.292 e. The van der Waals surface area contributed by atoms with Crippen molar-refractivity contribution in [2.75, 3.05) is 5.32 Å². The van der Waals surface area contributed by atoms with E-state index in [0.717, 1.165) is 5.56 Å². The van der Waals surface area contributed by atoms with Crippen molar-refractivity contribution >= 4 is 22.9 Å². The minimum absolute atomic E-state index is 0.0708. The first-order valence-corrected chi connectivity index (χ1v) is 11.0. The fourth-order valence-corrected chi connectivity index (χ4v) is 3.93. The van der Waals surface area contributed by atoms with E-state index in [1.165, 1.54) is 33.9 Å². The maximum absolute atomic E-state index is 13.9. The fraction of sp³-hybridized carbons (Fsp3) is 0.160. The molecule has 0 atom stereocenters. The summed E-state index contributed by atoms with van der Waals surface area (Å²) in [5.74, 6) is -0.760. The van der Waals surface area contributed by atoms with Crippen molar-refractivity contribution in [1.29, 1.82) is 0 Å². The van der Waals surface area contributed by atoms with Gasteiger partial charge >= 0.3 is 0 Å². The molecule has 0 unspecified atom stereocenters. The van der Waals surface area contributed by atoms with E-state index in [4.69, 9.17) is 0 Å². The Balaban J connectivity index is 1.38. The van der Waals surface area contributed by atoms with E-state index in [2.05, 4.69) is 25.5 Å². The van der Waals surface area contributed by atoms with Gasteiger partial charge in [0, 0.05) is 11.1 Å². The van der Waals surface area contributed by atoms with Crippen LogP contribution in [0.15, 0.2) is 67.0 Å². The molecule has 182 valence electrons. The summed E-state index contributed by atoms with van der Waals surface area (Å²) in [5.41, 5.74) is 2.20. The Morgan fingerprint density at radius 1 is 1.06 bits per heavy atom. The number of aryl methyl sites for hydroxylation is 1. The lowest BCUT2D eigenvalue weighted by atomic mass is 10.1. The highest BCUT2D eigenvalue weighted by molar-refractivity contribution is 5.91. The van der Waals surface area contributed by atoms with Crippen LogP contribution < -0.4 is 5.32 Å². The number of nitrogens with zero attached hydrogens (tertiary/aromatic N) is 6. The average Bonchev–Trinajstić information content (AvgIpc) is 3.43. The van der Waals surface area contributed by atoms with Gasteiger partial charge in [-0.05, 0) is 30.7 Å². The summed E-state index contributed by atoms with van der Waals surface area (Å²) in [6.07, 6.45) is -1.30. The molecule has 11 heteroatoms. The van der Waals surface area contributed by atoms with Gasteiger partial charge in [0.1, 0.15) is 18.7 Å². The van der Waals surface area contributed by atoms with Crippen LogP contribution in [0.2, 0.25) is 0 Å². The van der Waals surface area contributed by atoms with E-state index in [0.29, 0.717) is 23.5 Å². The summed E-state index contributed by atoms with van der Waals surface area (Å²) >= 11 is 0. The smallest absolute Gasteiger partial charge is 0.264 e. The van der Waals surface area contributed by atoms with Gasteiger partial charge in [0.15, 0.2) is 5.65 Å². The summed E-state index contributed by atoms with van der Waals surface area (Å²) in [5, 5.41) is 11.3. The second kappa shape index (κ2) is 9.61. The van der Waals surface area contributed by atoms with Crippen LogP contribution in [0.5, 0.6) is 0 Å². The average molecular weight is 491 g/mol. The van der Waals surface area contributed by atoms with E-state index in [9.17, 15) is 18.0 Å². The molecule has 0 spiro atoms. The zero-order chi connectivity index (χ0) is 25.2. The molecule has 8 nitrogen and oxygen atoms in total. The first-order chi connectivity index (χ1) is 17.4. The van der Waals surface area contributed by atoms with Gasteiger partial charge in [0.05, 0.1) is 23.3 Å². The molecule has 0 aliphatic rings. The highest BCUT2D eigenvalue weighted by Crippen LogP contribution is 2.33. The number of hydrogen-bond acceptors (Lipinski definition) is 5. The summed E-state index contributed by atoms with van der Waals surface area (Å²) < 4.78 is 43.7. The zero-order valence-corrected chi connectivity index (χ0v) is 19.1. The molecule has 0 saturated heterocycles. The third kappa shape index (κ3) is 4.81. The number of carbonyl (C=O) groups is 1. The molecule has 0 radical (unpaired) electrons. The SMILES string of the molecule is Cc1nn(CC(=O)Nc2ncn(Cc3ccc(F)cc3)n2)c2nc(-c3ccccc3)cc(C(F)F)c12. The van der Waals surface area contributed by atoms with Crippen LogP contribution in [0.4, 0.5) is 19.1 Å². The topological polar surface area (TPSA) is 90.5 Å². The predicted molar refractivity (Wildman–Crippen MR) is 127 cm³/mol. The summed E-state index contributed by atoms with van der Waals surface area (Å²) in [6, 6.07) is 16.3. The molecule has 3 aromatic heterocycles.